The number of benzene rings is 2. The number of esters is 1. The van der Waals surface area contributed by atoms with Crippen molar-refractivity contribution in [1.82, 2.24) is 9.78 Å². The minimum atomic E-state index is -4.62. The Balaban J connectivity index is 1.85. The Morgan fingerprint density at radius 2 is 1.90 bits per heavy atom. The molecule has 1 aliphatic heterocycles. The minimum Gasteiger partial charge on any atom is -0.624 e. The van der Waals surface area contributed by atoms with Crippen LogP contribution < -0.4 is 4.90 Å². The zero-order valence-corrected chi connectivity index (χ0v) is 21.1. The lowest BCUT2D eigenvalue weighted by Gasteiger charge is -2.47. The highest BCUT2D eigenvalue weighted by Crippen LogP contribution is 2.38. The van der Waals surface area contributed by atoms with E-state index >= 15 is 0 Å². The zero-order chi connectivity index (χ0) is 28.4. The van der Waals surface area contributed by atoms with E-state index in [1.807, 2.05) is 6.07 Å². The van der Waals surface area contributed by atoms with Crippen LogP contribution in [0.4, 0.5) is 18.9 Å². The van der Waals surface area contributed by atoms with Gasteiger partial charge in [0.25, 0.3) is 0 Å². The van der Waals surface area contributed by atoms with Crippen LogP contribution in [0.2, 0.25) is 0 Å². The Morgan fingerprint density at radius 1 is 1.18 bits per heavy atom. The van der Waals surface area contributed by atoms with Crippen LogP contribution in [0.3, 0.4) is 0 Å². The number of hydroxylamine groups is 3. The van der Waals surface area contributed by atoms with Crippen LogP contribution in [-0.2, 0) is 20.5 Å². The van der Waals surface area contributed by atoms with E-state index in [9.17, 15) is 28.0 Å². The van der Waals surface area contributed by atoms with Gasteiger partial charge in [-0.1, -0.05) is 6.07 Å². The van der Waals surface area contributed by atoms with E-state index in [1.165, 1.54) is 34.0 Å². The van der Waals surface area contributed by atoms with Crippen LogP contribution in [0, 0.1) is 16.5 Å². The number of hydrogen-bond acceptors (Lipinski definition) is 7. The van der Waals surface area contributed by atoms with Gasteiger partial charge in [0.2, 0.25) is 0 Å². The molecular formula is C27H24F3N5O4. The molecule has 1 aliphatic rings. The summed E-state index contributed by atoms with van der Waals surface area (Å²) in [5.74, 6) is -1.53. The molecule has 0 spiro atoms. The number of quaternary nitrogens is 1. The maximum absolute atomic E-state index is 14.0. The third-order valence-electron chi connectivity index (χ3n) is 6.33. The van der Waals surface area contributed by atoms with Gasteiger partial charge in [0.15, 0.2) is 6.67 Å². The lowest BCUT2D eigenvalue weighted by atomic mass is 10.0. The molecule has 4 rings (SSSR count). The van der Waals surface area contributed by atoms with Crippen molar-refractivity contribution >= 4 is 23.1 Å². The normalized spacial score (nSPS) is 17.8. The molecule has 12 heteroatoms. The number of aromatic nitrogens is 2. The standard InChI is InChI=1S/C27H24F3N5O4/c1-3-39-24(36)12-14-35(38)17-33(22-6-4-5-20(15-22)27(28,29)30)18(2)25(26(35)37)23-11-13-32-34(23)21-9-7-19(16-31)8-10-21/h4-11,13,15H,3,12,14,17H2,1-2H3. The van der Waals surface area contributed by atoms with Gasteiger partial charge in [-0.2, -0.15) is 23.5 Å². The van der Waals surface area contributed by atoms with Crippen molar-refractivity contribution in [3.8, 4) is 11.8 Å². The second-order valence-corrected chi connectivity index (χ2v) is 8.84. The van der Waals surface area contributed by atoms with Gasteiger partial charge in [-0.15, -0.1) is 0 Å². The van der Waals surface area contributed by atoms with Crippen molar-refractivity contribution in [3.05, 3.63) is 88.5 Å². The highest BCUT2D eigenvalue weighted by atomic mass is 19.4. The number of nitrogens with zero attached hydrogens (tertiary/aromatic N) is 5. The fraction of sp³-hybridized carbons (Fsp3) is 0.259. The van der Waals surface area contributed by atoms with Gasteiger partial charge in [-0.3, -0.25) is 14.3 Å². The Kier molecular flexibility index (Phi) is 7.58. The topological polar surface area (TPSA) is 111 Å². The summed E-state index contributed by atoms with van der Waals surface area (Å²) in [6.07, 6.45) is -3.56. The summed E-state index contributed by atoms with van der Waals surface area (Å²) >= 11 is 0. The molecule has 0 N–H and O–H groups in total. The second kappa shape index (κ2) is 10.7. The number of halogens is 3. The van der Waals surface area contributed by atoms with Crippen molar-refractivity contribution in [2.24, 2.45) is 0 Å². The first kappa shape index (κ1) is 27.6. The van der Waals surface area contributed by atoms with Crippen LogP contribution in [0.1, 0.15) is 37.1 Å². The summed E-state index contributed by atoms with van der Waals surface area (Å²) in [5, 5.41) is 27.4. The first-order valence-corrected chi connectivity index (χ1v) is 12.0. The molecule has 0 radical (unpaired) electrons. The first-order valence-electron chi connectivity index (χ1n) is 12.0. The van der Waals surface area contributed by atoms with E-state index in [1.54, 1.807) is 38.1 Å². The summed E-state index contributed by atoms with van der Waals surface area (Å²) in [6, 6.07) is 14.3. The molecule has 1 amide bonds. The number of nitriles is 1. The number of alkyl halides is 3. The molecule has 0 aliphatic carbocycles. The van der Waals surface area contributed by atoms with Crippen molar-refractivity contribution in [3.63, 3.8) is 0 Å². The summed E-state index contributed by atoms with van der Waals surface area (Å²) in [4.78, 5) is 27.2. The fourth-order valence-electron chi connectivity index (χ4n) is 4.37. The summed E-state index contributed by atoms with van der Waals surface area (Å²) < 4.78 is 45.3. The maximum Gasteiger partial charge on any atom is 0.416 e. The third kappa shape index (κ3) is 5.55. The van der Waals surface area contributed by atoms with Gasteiger partial charge in [0.1, 0.15) is 5.57 Å². The zero-order valence-electron chi connectivity index (χ0n) is 21.1. The summed E-state index contributed by atoms with van der Waals surface area (Å²) in [5.41, 5.74) is 0.467. The van der Waals surface area contributed by atoms with E-state index in [0.29, 0.717) is 11.3 Å². The van der Waals surface area contributed by atoms with Crippen molar-refractivity contribution in [2.75, 3.05) is 24.7 Å². The molecule has 0 saturated carbocycles. The molecule has 3 aromatic rings. The molecule has 0 fully saturated rings. The van der Waals surface area contributed by atoms with Gasteiger partial charge in [-0.25, -0.2) is 9.48 Å². The number of carbonyl (C=O) groups excluding carboxylic acids is 2. The SMILES string of the molecule is CCOC(=O)CC[N+]1([O-])CN(c2cccc(C(F)(F)F)c2)C(C)=C(c2ccnn2-c2ccc(C#N)cc2)C1=O. The minimum absolute atomic E-state index is 0.0561. The lowest BCUT2D eigenvalue weighted by molar-refractivity contribution is -0.800. The van der Waals surface area contributed by atoms with Crippen LogP contribution in [0.25, 0.3) is 11.3 Å². The van der Waals surface area contributed by atoms with E-state index in [4.69, 9.17) is 10.00 Å². The Bertz CT molecular complexity index is 1470. The number of carbonyl (C=O) groups is 2. The molecule has 1 unspecified atom stereocenters. The van der Waals surface area contributed by atoms with E-state index < -0.39 is 41.5 Å². The molecule has 39 heavy (non-hydrogen) atoms. The second-order valence-electron chi connectivity index (χ2n) is 8.84. The van der Waals surface area contributed by atoms with Crippen LogP contribution >= 0.6 is 0 Å². The lowest BCUT2D eigenvalue weighted by Crippen LogP contribution is -2.58. The average Bonchev–Trinajstić information content (AvgIpc) is 3.39. The molecule has 1 atom stereocenters. The molecule has 2 heterocycles. The van der Waals surface area contributed by atoms with Crippen molar-refractivity contribution in [2.45, 2.75) is 26.4 Å². The van der Waals surface area contributed by atoms with Gasteiger partial charge in [0.05, 0.1) is 54.3 Å². The number of rotatable bonds is 7. The Morgan fingerprint density at radius 3 is 2.54 bits per heavy atom. The Labute approximate surface area is 222 Å². The van der Waals surface area contributed by atoms with Crippen LogP contribution in [-0.4, -0.2) is 46.1 Å². The van der Waals surface area contributed by atoms with E-state index in [2.05, 4.69) is 5.10 Å². The van der Waals surface area contributed by atoms with E-state index in [0.717, 1.165) is 12.1 Å². The van der Waals surface area contributed by atoms with Gasteiger partial charge in [-0.05, 0) is 62.4 Å². The molecule has 2 aromatic carbocycles. The number of amides is 1. The molecule has 1 aromatic heterocycles. The fourth-order valence-corrected chi connectivity index (χ4v) is 4.37. The quantitative estimate of drug-likeness (QED) is 0.242. The van der Waals surface area contributed by atoms with Crippen LogP contribution in [0.15, 0.2) is 66.5 Å². The summed E-state index contributed by atoms with van der Waals surface area (Å²) in [6.45, 7) is 2.22. The van der Waals surface area contributed by atoms with Gasteiger partial charge in [0, 0.05) is 11.4 Å². The number of ether oxygens (including phenoxy) is 1. The third-order valence-corrected chi connectivity index (χ3v) is 6.33. The largest absolute Gasteiger partial charge is 0.624 e. The van der Waals surface area contributed by atoms with Crippen LogP contribution in [0.5, 0.6) is 0 Å². The number of hydrogen-bond donors (Lipinski definition) is 0. The number of anilines is 1. The average molecular weight is 540 g/mol. The molecule has 202 valence electrons. The van der Waals surface area contributed by atoms with Gasteiger partial charge < -0.3 is 9.94 Å². The monoisotopic (exact) mass is 539 g/mol. The molecule has 0 bridgehead atoms. The van der Waals surface area contributed by atoms with E-state index in [-0.39, 0.29) is 35.7 Å². The first-order chi connectivity index (χ1) is 18.5. The van der Waals surface area contributed by atoms with Gasteiger partial charge >= 0.3 is 18.1 Å². The predicted octanol–water partition coefficient (Wildman–Crippen LogP) is 4.77. The molecular weight excluding hydrogens is 515 g/mol. The van der Waals surface area contributed by atoms with Crippen molar-refractivity contribution < 1.29 is 32.1 Å². The molecule has 0 saturated heterocycles. The highest BCUT2D eigenvalue weighted by molar-refractivity contribution is 6.18. The highest BCUT2D eigenvalue weighted by Gasteiger charge is 2.43. The Hall–Kier alpha value is -4.47. The molecule has 9 nitrogen and oxygen atoms in total. The number of allylic oxidation sites excluding steroid dienone is 1. The smallest absolute Gasteiger partial charge is 0.416 e. The van der Waals surface area contributed by atoms with Crippen molar-refractivity contribution in [1.29, 1.82) is 5.26 Å². The maximum atomic E-state index is 14.0. The summed E-state index contributed by atoms with van der Waals surface area (Å²) in [7, 11) is 0. The predicted molar refractivity (Wildman–Crippen MR) is 134 cm³/mol.